The second-order valence-corrected chi connectivity index (χ2v) is 19.2. The van der Waals surface area contributed by atoms with Crippen molar-refractivity contribution in [1.29, 1.82) is 0 Å². The fraction of sp³-hybridized carbons (Fsp3) is 0.273. The summed E-state index contributed by atoms with van der Waals surface area (Å²) in [5.74, 6) is -0.0155. The highest BCUT2D eigenvalue weighted by Crippen LogP contribution is 2.30. The van der Waals surface area contributed by atoms with Crippen LogP contribution in [-0.2, 0) is 38.5 Å². The minimum absolute atomic E-state index is 0.00357. The van der Waals surface area contributed by atoms with Gasteiger partial charge in [0.15, 0.2) is 25.1 Å². The smallest absolute Gasteiger partial charge is 0.343 e. The summed E-state index contributed by atoms with van der Waals surface area (Å²) < 4.78 is 43.5. The molecule has 20 nitrogen and oxygen atoms in total. The van der Waals surface area contributed by atoms with Gasteiger partial charge in [0, 0.05) is 37.6 Å². The molecule has 0 amide bonds. The molecular weight excluding hydrogens is 1110 g/mol. The predicted octanol–water partition coefficient (Wildman–Crippen LogP) is 14.4. The van der Waals surface area contributed by atoms with Crippen LogP contribution in [0.1, 0.15) is 130 Å². The zero-order chi connectivity index (χ0) is 61.2. The number of aryl methyl sites for hydroxylation is 2. The van der Waals surface area contributed by atoms with Gasteiger partial charge in [0.1, 0.15) is 23.0 Å². The van der Waals surface area contributed by atoms with Gasteiger partial charge in [0.2, 0.25) is 12.6 Å². The van der Waals surface area contributed by atoms with Gasteiger partial charge in [-0.15, -0.1) is 0 Å². The number of hydrogen-bond donors (Lipinski definition) is 2. The van der Waals surface area contributed by atoms with E-state index in [-0.39, 0.29) is 13.6 Å². The summed E-state index contributed by atoms with van der Waals surface area (Å²) in [7, 11) is 0. The topological polar surface area (TPSA) is 238 Å². The van der Waals surface area contributed by atoms with E-state index in [0.717, 1.165) is 47.2 Å². The molecule has 0 heterocycles. The van der Waals surface area contributed by atoms with E-state index in [4.69, 9.17) is 62.7 Å². The number of ether oxygens (including phenoxy) is 8. The van der Waals surface area contributed by atoms with Crippen LogP contribution >= 0.6 is 0 Å². The Kier molecular flexibility index (Phi) is 25.5. The number of rotatable bonds is 30. The molecule has 20 heteroatoms. The Morgan fingerprint density at radius 2 is 0.744 bits per heavy atom. The molecule has 0 aliphatic rings. The lowest BCUT2D eigenvalue weighted by Gasteiger charge is -2.15. The minimum Gasteiger partial charge on any atom is -0.423 e. The first-order chi connectivity index (χ1) is 41.8. The second kappa shape index (κ2) is 33.7. The number of fused-ring (bicyclic) bond motifs is 2. The molecular formula is C66H68O20. The van der Waals surface area contributed by atoms with Gasteiger partial charge >= 0.3 is 23.9 Å². The summed E-state index contributed by atoms with van der Waals surface area (Å²) in [6.07, 6.45) is 1.47. The summed E-state index contributed by atoms with van der Waals surface area (Å²) in [4.78, 5) is 80.3. The Hall–Kier alpha value is -8.64. The van der Waals surface area contributed by atoms with Crippen molar-refractivity contribution in [2.75, 3.05) is 40.0 Å². The van der Waals surface area contributed by atoms with Crippen LogP contribution in [0.5, 0.6) is 34.5 Å². The molecule has 86 heavy (non-hydrogen) atoms. The molecule has 0 aliphatic carbocycles. The minimum atomic E-state index is -0.941. The van der Waals surface area contributed by atoms with E-state index in [1.165, 1.54) is 6.07 Å². The summed E-state index contributed by atoms with van der Waals surface area (Å²) in [5, 5.41) is 21.6. The Labute approximate surface area is 497 Å². The summed E-state index contributed by atoms with van der Waals surface area (Å²) >= 11 is 0. The quantitative estimate of drug-likeness (QED) is 0.0106. The second-order valence-electron chi connectivity index (χ2n) is 19.2. The van der Waals surface area contributed by atoms with E-state index in [1.807, 2.05) is 45.9 Å². The monoisotopic (exact) mass is 1180 g/mol. The molecule has 8 rings (SSSR count). The van der Waals surface area contributed by atoms with Crippen LogP contribution in [0, 0.1) is 13.8 Å². The van der Waals surface area contributed by atoms with Crippen LogP contribution in [0.15, 0.2) is 158 Å². The zero-order valence-corrected chi connectivity index (χ0v) is 48.5. The third kappa shape index (κ3) is 19.2. The summed E-state index contributed by atoms with van der Waals surface area (Å²) in [5.41, 5.74) is 3.77. The molecule has 0 saturated heterocycles. The highest BCUT2D eigenvalue weighted by atomic mass is 17.2. The fourth-order valence-electron chi connectivity index (χ4n) is 8.10. The molecule has 2 atom stereocenters. The van der Waals surface area contributed by atoms with E-state index in [2.05, 4.69) is 9.78 Å². The van der Waals surface area contributed by atoms with Crippen molar-refractivity contribution >= 4 is 45.4 Å². The van der Waals surface area contributed by atoms with Gasteiger partial charge < -0.3 is 47.7 Å². The van der Waals surface area contributed by atoms with Gasteiger partial charge in [-0.05, 0) is 187 Å². The van der Waals surface area contributed by atoms with E-state index >= 15 is 0 Å². The van der Waals surface area contributed by atoms with Gasteiger partial charge in [-0.1, -0.05) is 70.2 Å². The van der Waals surface area contributed by atoms with Crippen molar-refractivity contribution in [3.8, 4) is 34.5 Å². The molecule has 8 aromatic rings. The standard InChI is InChI=1S/C37H36O10.C29H32O10/c1-4-16-41-23-43-47-33-13-12-27-20-29(10-7-28(27)22-33)35(38)44-32-14-15-34(24(3)18-32)45-36(39)30-9-6-26-21-31(11-8-25(26)19-30)37(46-40)42-17-5-2;1-4-16-33-19-35-39-24-12-10-22(11-13-24)27(30)36-25-14-15-26(20(3)18-25)37-28(31)21-6-8-23(9-7-21)29(38-32)34-17-5-2/h6-15,18-22,37,40H,4-5,16-17,23H2,1-3H3;6-15,18,29,32H,4-5,16-17,19H2,1-3H3. The molecule has 0 radical (unpaired) electrons. The number of carbonyl (C=O) groups is 4. The zero-order valence-electron chi connectivity index (χ0n) is 48.5. The van der Waals surface area contributed by atoms with Crippen LogP contribution in [0.3, 0.4) is 0 Å². The summed E-state index contributed by atoms with van der Waals surface area (Å²) in [6, 6.07) is 43.2. The summed E-state index contributed by atoms with van der Waals surface area (Å²) in [6.45, 7) is 13.4. The molecule has 0 aliphatic heterocycles. The molecule has 0 bridgehead atoms. The van der Waals surface area contributed by atoms with E-state index in [9.17, 15) is 24.4 Å². The van der Waals surface area contributed by atoms with Crippen molar-refractivity contribution in [3.63, 3.8) is 0 Å². The third-order valence-electron chi connectivity index (χ3n) is 12.5. The highest BCUT2D eigenvalue weighted by molar-refractivity contribution is 5.98. The normalized spacial score (nSPS) is 11.7. The Morgan fingerprint density at radius 1 is 0.372 bits per heavy atom. The first-order valence-corrected chi connectivity index (χ1v) is 27.8. The van der Waals surface area contributed by atoms with Crippen molar-refractivity contribution in [1.82, 2.24) is 0 Å². The van der Waals surface area contributed by atoms with Gasteiger partial charge in [-0.25, -0.2) is 39.5 Å². The van der Waals surface area contributed by atoms with E-state index < -0.39 is 36.5 Å². The maximum absolute atomic E-state index is 13.0. The lowest BCUT2D eigenvalue weighted by Crippen LogP contribution is -2.12. The fourth-order valence-corrected chi connectivity index (χ4v) is 8.10. The molecule has 0 spiro atoms. The van der Waals surface area contributed by atoms with Crippen molar-refractivity contribution in [2.24, 2.45) is 0 Å². The molecule has 2 N–H and O–H groups in total. The van der Waals surface area contributed by atoms with Crippen LogP contribution in [0.25, 0.3) is 21.5 Å². The van der Waals surface area contributed by atoms with Gasteiger partial charge in [0.05, 0.1) is 22.3 Å². The Bertz CT molecular complexity index is 3490. The molecule has 8 aromatic carbocycles. The largest absolute Gasteiger partial charge is 0.423 e. The van der Waals surface area contributed by atoms with Gasteiger partial charge in [0.25, 0.3) is 0 Å². The average molecular weight is 1180 g/mol. The van der Waals surface area contributed by atoms with E-state index in [0.29, 0.717) is 105 Å². The Morgan fingerprint density at radius 3 is 1.24 bits per heavy atom. The van der Waals surface area contributed by atoms with E-state index in [1.54, 1.807) is 147 Å². The van der Waals surface area contributed by atoms with Crippen LogP contribution < -0.4 is 28.7 Å². The highest BCUT2D eigenvalue weighted by Gasteiger charge is 2.19. The lowest BCUT2D eigenvalue weighted by molar-refractivity contribution is -0.351. The third-order valence-corrected chi connectivity index (χ3v) is 12.5. The SMILES string of the molecule is CCCOCOOc1ccc(C(=O)Oc2ccc(OC(=O)c3ccc(C(OO)OCCC)cc3)c(C)c2)cc1.CCCOCOOc1ccc2cc(C(=O)Oc3ccc(OC(=O)c4ccc5cc(C(OO)OCCC)ccc5c4)c(C)c3)ccc2c1. The number of hydrogen-bond acceptors (Lipinski definition) is 20. The predicted molar refractivity (Wildman–Crippen MR) is 314 cm³/mol. The number of benzene rings is 8. The molecule has 0 saturated carbocycles. The molecule has 2 unspecified atom stereocenters. The van der Waals surface area contributed by atoms with Gasteiger partial charge in [-0.2, -0.15) is 9.78 Å². The van der Waals surface area contributed by atoms with Gasteiger partial charge in [-0.3, -0.25) is 0 Å². The first-order valence-electron chi connectivity index (χ1n) is 27.8. The number of carbonyl (C=O) groups excluding carboxylic acids is 4. The maximum Gasteiger partial charge on any atom is 0.343 e. The maximum atomic E-state index is 13.0. The van der Waals surface area contributed by atoms with Crippen LogP contribution in [0.4, 0.5) is 0 Å². The Balaban J connectivity index is 0.000000251. The number of esters is 4. The lowest BCUT2D eigenvalue weighted by atomic mass is 10.0. The molecule has 0 aromatic heterocycles. The van der Waals surface area contributed by atoms with Crippen molar-refractivity contribution < 1.29 is 96.9 Å². The van der Waals surface area contributed by atoms with Crippen molar-refractivity contribution in [3.05, 3.63) is 202 Å². The average Bonchev–Trinajstić information content (AvgIpc) is 2.47. The molecule has 0 fully saturated rings. The molecule has 452 valence electrons. The van der Waals surface area contributed by atoms with Crippen LogP contribution in [-0.4, -0.2) is 74.4 Å². The first kappa shape index (κ1) is 64.9. The van der Waals surface area contributed by atoms with Crippen molar-refractivity contribution in [2.45, 2.75) is 79.8 Å². The van der Waals surface area contributed by atoms with Crippen LogP contribution in [0.2, 0.25) is 0 Å².